The van der Waals surface area contributed by atoms with E-state index in [1.165, 1.54) is 6.20 Å². The summed E-state index contributed by atoms with van der Waals surface area (Å²) in [4.78, 5) is 36.5. The number of ether oxygens (including phenoxy) is 1. The molecule has 1 aromatic carbocycles. The summed E-state index contributed by atoms with van der Waals surface area (Å²) in [6.45, 7) is 5.58. The summed E-state index contributed by atoms with van der Waals surface area (Å²) in [5.41, 5.74) is 3.53. The molecule has 0 radical (unpaired) electrons. The maximum absolute atomic E-state index is 14.0. The number of methoxy groups -OCH3 is 1. The molecule has 3 amide bonds. The van der Waals surface area contributed by atoms with Gasteiger partial charge in [-0.25, -0.2) is 18.9 Å². The Morgan fingerprint density at radius 2 is 2.00 bits per heavy atom. The van der Waals surface area contributed by atoms with Crippen LogP contribution in [0.15, 0.2) is 48.7 Å². The Bertz CT molecular complexity index is 1480. The van der Waals surface area contributed by atoms with Gasteiger partial charge in [-0.2, -0.15) is 14.6 Å². The monoisotopic (exact) mass is 581 g/mol. The number of hydrogen-bond acceptors (Lipinski definition) is 7. The third kappa shape index (κ3) is 6.32. The Morgan fingerprint density at radius 3 is 2.67 bits per heavy atom. The maximum atomic E-state index is 14.0. The highest BCUT2D eigenvalue weighted by atomic mass is 19.2. The Morgan fingerprint density at radius 1 is 1.21 bits per heavy atom. The van der Waals surface area contributed by atoms with E-state index in [1.807, 2.05) is 43.3 Å². The molecular weight excluding hydrogens is 548 g/mol. The zero-order valence-electron chi connectivity index (χ0n) is 23.6. The molecule has 1 fully saturated rings. The third-order valence-electron chi connectivity index (χ3n) is 7.35. The van der Waals surface area contributed by atoms with Crippen molar-refractivity contribution >= 4 is 23.3 Å². The summed E-state index contributed by atoms with van der Waals surface area (Å²) in [5.74, 6) is -1.82. The maximum Gasteiger partial charge on any atom is 0.320 e. The van der Waals surface area contributed by atoms with E-state index in [4.69, 9.17) is 14.7 Å². The Hall–Kier alpha value is -4.20. The fourth-order valence-electron chi connectivity index (χ4n) is 5.12. The predicted octanol–water partition coefficient (Wildman–Crippen LogP) is 3.61. The molecule has 2 N–H and O–H groups in total. The van der Waals surface area contributed by atoms with Crippen LogP contribution in [-0.4, -0.2) is 82.6 Å². The van der Waals surface area contributed by atoms with Gasteiger partial charge in [0.1, 0.15) is 11.9 Å². The lowest BCUT2D eigenvalue weighted by molar-refractivity contribution is -0.154. The van der Waals surface area contributed by atoms with Crippen molar-refractivity contribution in [1.82, 2.24) is 30.0 Å². The summed E-state index contributed by atoms with van der Waals surface area (Å²) in [5, 5.41) is 12.3. The minimum atomic E-state index is -1.21. The molecule has 2 atom stereocenters. The fraction of sp³-hybridized carbons (Fsp3) is 0.379. The molecular formula is C29H33F2N7O4. The van der Waals surface area contributed by atoms with Crippen LogP contribution in [0.25, 0.3) is 11.3 Å². The van der Waals surface area contributed by atoms with Gasteiger partial charge in [-0.1, -0.05) is 24.3 Å². The van der Waals surface area contributed by atoms with Crippen molar-refractivity contribution < 1.29 is 27.9 Å². The van der Waals surface area contributed by atoms with Crippen molar-refractivity contribution in [2.45, 2.75) is 32.4 Å². The van der Waals surface area contributed by atoms with Crippen molar-refractivity contribution in [3.05, 3.63) is 77.3 Å². The van der Waals surface area contributed by atoms with Crippen molar-refractivity contribution in [1.29, 1.82) is 0 Å². The van der Waals surface area contributed by atoms with Crippen LogP contribution in [0.5, 0.6) is 0 Å². The summed E-state index contributed by atoms with van der Waals surface area (Å²) >= 11 is 0. The molecule has 0 bridgehead atoms. The summed E-state index contributed by atoms with van der Waals surface area (Å²) in [6.07, 6.45) is 3.02. The topological polar surface area (TPSA) is 114 Å². The number of urea groups is 1. The number of hydrogen-bond donors (Lipinski definition) is 2. The number of amides is 3. The van der Waals surface area contributed by atoms with Crippen LogP contribution in [0.1, 0.15) is 36.3 Å². The minimum Gasteiger partial charge on any atom is -0.383 e. The van der Waals surface area contributed by atoms with E-state index in [2.05, 4.69) is 15.6 Å². The van der Waals surface area contributed by atoms with Crippen LogP contribution < -0.4 is 10.6 Å². The van der Waals surface area contributed by atoms with Crippen molar-refractivity contribution in [3.8, 4) is 5.69 Å². The molecule has 42 heavy (non-hydrogen) atoms. The van der Waals surface area contributed by atoms with E-state index in [0.717, 1.165) is 28.6 Å². The molecule has 2 aliphatic heterocycles. The van der Waals surface area contributed by atoms with Crippen molar-refractivity contribution in [3.63, 3.8) is 0 Å². The first-order valence-electron chi connectivity index (χ1n) is 13.6. The molecule has 4 heterocycles. The SMILES string of the molecule is COCCN1C[C@@H](NC(=O)Nc2c(C)c(C3=CCN(C(C)=O)CC3)nn2-c2ccccc2)[C@H](c2cnc(F)c(F)c2)O1. The number of pyridine rings is 1. The molecule has 0 unspecified atom stereocenters. The Labute approximate surface area is 242 Å². The van der Waals surface area contributed by atoms with Gasteiger partial charge in [0.15, 0.2) is 5.82 Å². The van der Waals surface area contributed by atoms with E-state index < -0.39 is 29.9 Å². The molecule has 0 spiro atoms. The van der Waals surface area contributed by atoms with Gasteiger partial charge >= 0.3 is 6.03 Å². The average molecular weight is 582 g/mol. The number of nitrogens with one attached hydrogen (secondary N) is 2. The normalized spacial score (nSPS) is 19.1. The van der Waals surface area contributed by atoms with E-state index in [0.29, 0.717) is 38.5 Å². The van der Waals surface area contributed by atoms with Crippen LogP contribution in [0.4, 0.5) is 19.4 Å². The standard InChI is InChI=1S/C29H33F2N7O4/c1-18-25(20-9-11-36(12-10-20)19(2)39)35-38(22-7-5-4-6-8-22)28(18)34-29(40)33-24-17-37(13-14-41-3)42-26(24)21-15-23(30)27(31)32-16-21/h4-9,15-16,24,26H,10-14,17H2,1-3H3,(H2,33,34,40)/t24-,26+/m1/s1. The first-order chi connectivity index (χ1) is 20.2. The van der Waals surface area contributed by atoms with E-state index in [1.54, 1.807) is 28.7 Å². The number of halogens is 2. The first-order valence-corrected chi connectivity index (χ1v) is 13.6. The Balaban J connectivity index is 1.40. The molecule has 5 rings (SSSR count). The molecule has 2 aliphatic rings. The lowest BCUT2D eigenvalue weighted by atomic mass is 10.0. The van der Waals surface area contributed by atoms with Gasteiger partial charge in [0.2, 0.25) is 11.9 Å². The fourth-order valence-corrected chi connectivity index (χ4v) is 5.12. The van der Waals surface area contributed by atoms with Gasteiger partial charge in [-0.3, -0.25) is 14.9 Å². The zero-order valence-corrected chi connectivity index (χ0v) is 23.6. The minimum absolute atomic E-state index is 0.0185. The summed E-state index contributed by atoms with van der Waals surface area (Å²) in [6, 6.07) is 9.31. The lowest BCUT2D eigenvalue weighted by Gasteiger charge is -2.24. The van der Waals surface area contributed by atoms with Gasteiger partial charge in [0, 0.05) is 57.5 Å². The molecule has 222 valence electrons. The zero-order chi connectivity index (χ0) is 29.8. The lowest BCUT2D eigenvalue weighted by Crippen LogP contribution is -2.42. The average Bonchev–Trinajstić information content (AvgIpc) is 3.54. The second kappa shape index (κ2) is 12.8. The number of benzene rings is 1. The van der Waals surface area contributed by atoms with Crippen molar-refractivity contribution in [2.75, 3.05) is 45.2 Å². The molecule has 11 nitrogen and oxygen atoms in total. The van der Waals surface area contributed by atoms with Gasteiger partial charge in [-0.05, 0) is 37.1 Å². The molecule has 0 saturated carbocycles. The molecule has 2 aromatic heterocycles. The quantitative estimate of drug-likeness (QED) is 0.391. The summed E-state index contributed by atoms with van der Waals surface area (Å²) in [7, 11) is 1.56. The smallest absolute Gasteiger partial charge is 0.320 e. The number of para-hydroxylation sites is 1. The van der Waals surface area contributed by atoms with Gasteiger partial charge in [0.25, 0.3) is 0 Å². The number of nitrogens with zero attached hydrogens (tertiary/aromatic N) is 5. The number of aromatic nitrogens is 3. The van der Waals surface area contributed by atoms with Gasteiger partial charge in [-0.15, -0.1) is 0 Å². The number of hydroxylamine groups is 2. The second-order valence-electron chi connectivity index (χ2n) is 10.2. The number of carbonyl (C=O) groups excluding carboxylic acids is 2. The first kappa shape index (κ1) is 29.3. The Kier molecular flexibility index (Phi) is 8.90. The highest BCUT2D eigenvalue weighted by Crippen LogP contribution is 2.32. The number of carbonyl (C=O) groups is 2. The largest absolute Gasteiger partial charge is 0.383 e. The van der Waals surface area contributed by atoms with E-state index in [-0.39, 0.29) is 18.0 Å². The highest BCUT2D eigenvalue weighted by Gasteiger charge is 2.37. The van der Waals surface area contributed by atoms with Gasteiger partial charge < -0.3 is 15.0 Å². The molecule has 3 aromatic rings. The van der Waals surface area contributed by atoms with Crippen LogP contribution in [-0.2, 0) is 14.4 Å². The van der Waals surface area contributed by atoms with Crippen LogP contribution >= 0.6 is 0 Å². The molecule has 13 heteroatoms. The van der Waals surface area contributed by atoms with E-state index in [9.17, 15) is 18.4 Å². The number of anilines is 1. The van der Waals surface area contributed by atoms with Crippen molar-refractivity contribution in [2.24, 2.45) is 0 Å². The third-order valence-corrected chi connectivity index (χ3v) is 7.35. The predicted molar refractivity (Wildman–Crippen MR) is 151 cm³/mol. The van der Waals surface area contributed by atoms with Crippen LogP contribution in [0, 0.1) is 18.7 Å². The van der Waals surface area contributed by atoms with Gasteiger partial charge in [0.05, 0.1) is 24.0 Å². The molecule has 0 aliphatic carbocycles. The van der Waals surface area contributed by atoms with Crippen LogP contribution in [0.3, 0.4) is 0 Å². The van der Waals surface area contributed by atoms with Crippen LogP contribution in [0.2, 0.25) is 0 Å². The summed E-state index contributed by atoms with van der Waals surface area (Å²) < 4.78 is 34.4. The highest BCUT2D eigenvalue weighted by molar-refractivity contribution is 5.91. The number of rotatable bonds is 8. The molecule has 1 saturated heterocycles. The second-order valence-corrected chi connectivity index (χ2v) is 10.2. The van der Waals surface area contributed by atoms with E-state index >= 15 is 0 Å².